The van der Waals surface area contributed by atoms with Crippen molar-refractivity contribution in [3.05, 3.63) is 0 Å². The predicted molar refractivity (Wildman–Crippen MR) is 73.2 cm³/mol. The van der Waals surface area contributed by atoms with Crippen LogP contribution in [0, 0.1) is 5.41 Å². The zero-order chi connectivity index (χ0) is 13.1. The van der Waals surface area contributed by atoms with Gasteiger partial charge in [-0.3, -0.25) is 9.80 Å². The van der Waals surface area contributed by atoms with Crippen molar-refractivity contribution in [2.45, 2.75) is 46.1 Å². The molecule has 0 amide bonds. The van der Waals surface area contributed by atoms with E-state index in [4.69, 9.17) is 0 Å². The summed E-state index contributed by atoms with van der Waals surface area (Å²) in [6.07, 6.45) is 2.12. The quantitative estimate of drug-likeness (QED) is 0.796. The highest BCUT2D eigenvalue weighted by Gasteiger charge is 2.35. The average molecular weight is 242 g/mol. The molecule has 0 unspecified atom stereocenters. The lowest BCUT2D eigenvalue weighted by atomic mass is 9.82. The molecule has 3 nitrogen and oxygen atoms in total. The van der Waals surface area contributed by atoms with Crippen molar-refractivity contribution < 1.29 is 5.11 Å². The molecule has 0 spiro atoms. The molecule has 0 aromatic heterocycles. The summed E-state index contributed by atoms with van der Waals surface area (Å²) in [7, 11) is 2.20. The molecule has 102 valence electrons. The summed E-state index contributed by atoms with van der Waals surface area (Å²) in [6, 6.07) is 0. The van der Waals surface area contributed by atoms with E-state index in [1.165, 1.54) is 0 Å². The largest absolute Gasteiger partial charge is 0.396 e. The van der Waals surface area contributed by atoms with Crippen LogP contribution in [-0.2, 0) is 0 Å². The van der Waals surface area contributed by atoms with Crippen molar-refractivity contribution in [2.75, 3.05) is 39.8 Å². The summed E-state index contributed by atoms with van der Waals surface area (Å²) in [5.41, 5.74) is 0.354. The number of piperazine rings is 1. The second-order valence-electron chi connectivity index (χ2n) is 6.31. The van der Waals surface area contributed by atoms with Crippen LogP contribution in [0.3, 0.4) is 0 Å². The Morgan fingerprint density at radius 1 is 1.18 bits per heavy atom. The number of rotatable bonds is 5. The molecular formula is C14H30N2O. The van der Waals surface area contributed by atoms with Gasteiger partial charge in [0, 0.05) is 43.7 Å². The van der Waals surface area contributed by atoms with Crippen molar-refractivity contribution in [3.63, 3.8) is 0 Å². The van der Waals surface area contributed by atoms with Gasteiger partial charge in [-0.2, -0.15) is 0 Å². The minimum atomic E-state index is 0.103. The van der Waals surface area contributed by atoms with Crippen LogP contribution < -0.4 is 0 Å². The van der Waals surface area contributed by atoms with E-state index < -0.39 is 0 Å². The van der Waals surface area contributed by atoms with E-state index in [1.807, 2.05) is 0 Å². The molecule has 0 atom stereocenters. The van der Waals surface area contributed by atoms with Gasteiger partial charge in [-0.15, -0.1) is 0 Å². The van der Waals surface area contributed by atoms with Gasteiger partial charge >= 0.3 is 0 Å². The number of likely N-dealkylation sites (N-methyl/N-ethyl adjacent to an activating group) is 1. The molecule has 1 fully saturated rings. The maximum Gasteiger partial charge on any atom is 0.0499 e. The van der Waals surface area contributed by atoms with Crippen molar-refractivity contribution >= 4 is 0 Å². The Hall–Kier alpha value is -0.120. The monoisotopic (exact) mass is 242 g/mol. The van der Waals surface area contributed by atoms with Crippen LogP contribution in [-0.4, -0.2) is 60.3 Å². The second kappa shape index (κ2) is 5.68. The van der Waals surface area contributed by atoms with Gasteiger partial charge < -0.3 is 5.11 Å². The lowest BCUT2D eigenvalue weighted by Crippen LogP contribution is -2.59. The molecule has 1 aliphatic heterocycles. The first-order valence-corrected chi connectivity index (χ1v) is 6.93. The van der Waals surface area contributed by atoms with Gasteiger partial charge in [-0.25, -0.2) is 0 Å². The van der Waals surface area contributed by atoms with Gasteiger partial charge in [0.1, 0.15) is 0 Å². The molecule has 0 radical (unpaired) electrons. The third kappa shape index (κ3) is 3.43. The van der Waals surface area contributed by atoms with E-state index in [9.17, 15) is 5.11 Å². The molecule has 0 bridgehead atoms. The van der Waals surface area contributed by atoms with Gasteiger partial charge in [0.15, 0.2) is 0 Å². The van der Waals surface area contributed by atoms with Crippen LogP contribution in [0.1, 0.15) is 40.5 Å². The van der Waals surface area contributed by atoms with Gasteiger partial charge in [0.2, 0.25) is 0 Å². The SMILES string of the molecule is CCC(CC)(CO)CN1CCN(C)C(C)(C)C1. The molecule has 0 aliphatic carbocycles. The van der Waals surface area contributed by atoms with Gasteiger partial charge in [-0.1, -0.05) is 13.8 Å². The minimum Gasteiger partial charge on any atom is -0.396 e. The molecule has 1 N–H and O–H groups in total. The standard InChI is InChI=1S/C14H30N2O/c1-6-14(7-2,12-17)11-16-9-8-15(5)13(3,4)10-16/h17H,6-12H2,1-5H3. The highest BCUT2D eigenvalue weighted by atomic mass is 16.3. The normalized spacial score (nSPS) is 22.9. The van der Waals surface area contributed by atoms with Gasteiger partial charge in [-0.05, 0) is 33.7 Å². The van der Waals surface area contributed by atoms with Crippen LogP contribution in [0.4, 0.5) is 0 Å². The van der Waals surface area contributed by atoms with Crippen molar-refractivity contribution in [1.82, 2.24) is 9.80 Å². The smallest absolute Gasteiger partial charge is 0.0499 e. The van der Waals surface area contributed by atoms with E-state index in [2.05, 4.69) is 44.5 Å². The number of hydrogen-bond acceptors (Lipinski definition) is 3. The van der Waals surface area contributed by atoms with Crippen molar-refractivity contribution in [2.24, 2.45) is 5.41 Å². The summed E-state index contributed by atoms with van der Waals surface area (Å²) < 4.78 is 0. The lowest BCUT2D eigenvalue weighted by Gasteiger charge is -2.48. The Balaban J connectivity index is 2.63. The Bertz CT molecular complexity index is 228. The maximum atomic E-state index is 9.65. The molecule has 3 heteroatoms. The summed E-state index contributed by atoms with van der Waals surface area (Å²) in [5.74, 6) is 0. The second-order valence-corrected chi connectivity index (χ2v) is 6.31. The number of nitrogens with zero attached hydrogens (tertiary/aromatic N) is 2. The molecule has 17 heavy (non-hydrogen) atoms. The molecular weight excluding hydrogens is 212 g/mol. The highest BCUT2D eigenvalue weighted by Crippen LogP contribution is 2.29. The maximum absolute atomic E-state index is 9.65. The number of aliphatic hydroxyl groups is 1. The van der Waals surface area contributed by atoms with Crippen LogP contribution in [0.5, 0.6) is 0 Å². The van der Waals surface area contributed by atoms with E-state index in [0.29, 0.717) is 6.61 Å². The summed E-state index contributed by atoms with van der Waals surface area (Å²) in [5, 5.41) is 9.65. The first kappa shape index (κ1) is 14.9. The first-order valence-electron chi connectivity index (χ1n) is 6.93. The Kier molecular flexibility index (Phi) is 4.99. The number of hydrogen-bond donors (Lipinski definition) is 1. The van der Waals surface area contributed by atoms with Crippen LogP contribution in [0.15, 0.2) is 0 Å². The third-order valence-corrected chi connectivity index (χ3v) is 4.79. The highest BCUT2D eigenvalue weighted by molar-refractivity contribution is 4.91. The van der Waals surface area contributed by atoms with E-state index >= 15 is 0 Å². The van der Waals surface area contributed by atoms with E-state index in [1.54, 1.807) is 0 Å². The average Bonchev–Trinajstić information content (AvgIpc) is 2.31. The molecule has 1 aliphatic rings. The molecule has 1 heterocycles. The fourth-order valence-electron chi connectivity index (χ4n) is 2.70. The van der Waals surface area contributed by atoms with Gasteiger partial charge in [0.25, 0.3) is 0 Å². The zero-order valence-electron chi connectivity index (χ0n) is 12.3. The molecule has 1 saturated heterocycles. The number of aliphatic hydroxyl groups excluding tert-OH is 1. The van der Waals surface area contributed by atoms with E-state index in [-0.39, 0.29) is 11.0 Å². The van der Waals surface area contributed by atoms with Crippen LogP contribution in [0.2, 0.25) is 0 Å². The van der Waals surface area contributed by atoms with Gasteiger partial charge in [0.05, 0.1) is 0 Å². The summed E-state index contributed by atoms with van der Waals surface area (Å²) >= 11 is 0. The molecule has 1 rings (SSSR count). The first-order chi connectivity index (χ1) is 7.89. The van der Waals surface area contributed by atoms with Crippen molar-refractivity contribution in [1.29, 1.82) is 0 Å². The summed E-state index contributed by atoms with van der Waals surface area (Å²) in [4.78, 5) is 4.96. The zero-order valence-corrected chi connectivity index (χ0v) is 12.3. The third-order valence-electron chi connectivity index (χ3n) is 4.79. The topological polar surface area (TPSA) is 26.7 Å². The Morgan fingerprint density at radius 2 is 1.76 bits per heavy atom. The predicted octanol–water partition coefficient (Wildman–Crippen LogP) is 1.81. The fourth-order valence-corrected chi connectivity index (χ4v) is 2.70. The Labute approximate surface area is 107 Å². The Morgan fingerprint density at radius 3 is 2.18 bits per heavy atom. The summed E-state index contributed by atoms with van der Waals surface area (Å²) in [6.45, 7) is 13.7. The lowest BCUT2D eigenvalue weighted by molar-refractivity contribution is -0.00249. The minimum absolute atomic E-state index is 0.103. The van der Waals surface area contributed by atoms with Crippen molar-refractivity contribution in [3.8, 4) is 0 Å². The molecule has 0 aromatic carbocycles. The van der Waals surface area contributed by atoms with E-state index in [0.717, 1.165) is 39.0 Å². The molecule has 0 saturated carbocycles. The van der Waals surface area contributed by atoms with Crippen LogP contribution >= 0.6 is 0 Å². The van der Waals surface area contributed by atoms with Crippen LogP contribution in [0.25, 0.3) is 0 Å². The molecule has 0 aromatic rings. The fraction of sp³-hybridized carbons (Fsp3) is 1.00.